The monoisotopic (exact) mass is 191 g/mol. The van der Waals surface area contributed by atoms with Crippen LogP contribution in [0.1, 0.15) is 0 Å². The third-order valence-corrected chi connectivity index (χ3v) is 3.28. The average molecular weight is 192 g/mol. The molecule has 0 amide bonds. The van der Waals surface area contributed by atoms with Crippen molar-refractivity contribution in [2.45, 2.75) is 19.1 Å². The molecule has 0 aromatic heterocycles. The fourth-order valence-electron chi connectivity index (χ4n) is 0.686. The maximum Gasteiger partial charge on any atom is 0.157 e. The lowest BCUT2D eigenvalue weighted by molar-refractivity contribution is -0.114. The summed E-state index contributed by atoms with van der Waals surface area (Å²) in [6.07, 6.45) is 0. The van der Waals surface area contributed by atoms with E-state index < -0.39 is 8.24 Å². The van der Waals surface area contributed by atoms with Gasteiger partial charge in [0.15, 0.2) is 8.24 Å². The minimum absolute atomic E-state index is 0.0113. The van der Waals surface area contributed by atoms with Crippen LogP contribution in [-0.4, -0.2) is 19.9 Å². The van der Waals surface area contributed by atoms with E-state index in [0.717, 1.165) is 0 Å². The van der Waals surface area contributed by atoms with Crippen molar-refractivity contribution >= 4 is 25.6 Å². The molecule has 0 radical (unpaired) electrons. The summed E-state index contributed by atoms with van der Waals surface area (Å²) in [4.78, 5) is 13.5. The summed E-state index contributed by atoms with van der Waals surface area (Å²) in [6.45, 7) is 3.66. The molecule has 0 aromatic carbocycles. The van der Waals surface area contributed by atoms with Gasteiger partial charge in [-0.05, 0) is 10.4 Å². The number of Topliss-reactive ketones (excluding diaryl/α,β-unsaturated/α-hetero) is 1. The Hall–Kier alpha value is -0.513. The van der Waals surface area contributed by atoms with E-state index in [2.05, 4.69) is 9.69 Å². The zero-order chi connectivity index (χ0) is 8.91. The van der Waals surface area contributed by atoms with Crippen molar-refractivity contribution in [3.8, 4) is 0 Å². The lowest BCUT2D eigenvalue weighted by Crippen LogP contribution is -2.26. The Morgan fingerprint density at radius 3 is 2.64 bits per heavy atom. The highest BCUT2D eigenvalue weighted by molar-refractivity contribution is 6.78. The number of ketones is 1. The molecule has 62 valence electrons. The zero-order valence-electron chi connectivity index (χ0n) is 6.54. The molecule has 0 fully saturated rings. The molecule has 0 aliphatic heterocycles. The van der Waals surface area contributed by atoms with Gasteiger partial charge in [-0.2, -0.15) is 0 Å². The molecule has 0 bridgehead atoms. The molecule has 0 aliphatic carbocycles. The number of carbonyl (C=O) groups excluding carboxylic acids is 1. The van der Waals surface area contributed by atoms with Gasteiger partial charge in [0.1, 0.15) is 5.78 Å². The van der Waals surface area contributed by atoms with Gasteiger partial charge in [0.2, 0.25) is 0 Å². The number of halogens is 1. The molecular formula is C5H10ClN3OSi. The van der Waals surface area contributed by atoms with E-state index in [1.807, 2.05) is 13.1 Å². The Bertz CT molecular complexity index is 200. The Balaban J connectivity index is 4.11. The Morgan fingerprint density at radius 2 is 2.27 bits per heavy atom. The Labute approximate surface area is 71.3 Å². The van der Waals surface area contributed by atoms with Gasteiger partial charge in [-0.1, -0.05) is 13.1 Å². The number of rotatable bonds is 4. The molecule has 0 aliphatic rings. The SMILES string of the molecule is C[Si](C)(CC(=O)CCl)N=[N+]=[N-]. The van der Waals surface area contributed by atoms with Gasteiger partial charge in [0, 0.05) is 6.04 Å². The molecule has 4 nitrogen and oxygen atoms in total. The second kappa shape index (κ2) is 4.38. The van der Waals surface area contributed by atoms with Crippen LogP contribution in [0.3, 0.4) is 0 Å². The van der Waals surface area contributed by atoms with E-state index in [1.165, 1.54) is 0 Å². The molecule has 0 N–H and O–H groups in total. The minimum atomic E-state index is -2.01. The van der Waals surface area contributed by atoms with Crippen LogP contribution in [0.15, 0.2) is 4.78 Å². The quantitative estimate of drug-likeness (QED) is 0.221. The molecule has 0 unspecified atom stereocenters. The second-order valence-electron chi connectivity index (χ2n) is 2.85. The van der Waals surface area contributed by atoms with E-state index in [1.54, 1.807) is 0 Å². The summed E-state index contributed by atoms with van der Waals surface area (Å²) in [5, 5.41) is 0. The third-order valence-electron chi connectivity index (χ3n) is 1.09. The van der Waals surface area contributed by atoms with Crippen LogP contribution in [0.2, 0.25) is 19.1 Å². The molecule has 11 heavy (non-hydrogen) atoms. The molecule has 0 aromatic rings. The summed E-state index contributed by atoms with van der Waals surface area (Å²) in [6, 6.07) is 0.334. The summed E-state index contributed by atoms with van der Waals surface area (Å²) in [7, 11) is -2.01. The predicted octanol–water partition coefficient (Wildman–Crippen LogP) is 2.31. The van der Waals surface area contributed by atoms with Gasteiger partial charge < -0.3 is 0 Å². The highest BCUT2D eigenvalue weighted by Gasteiger charge is 2.22. The smallest absolute Gasteiger partial charge is 0.157 e. The Kier molecular flexibility index (Phi) is 4.18. The summed E-state index contributed by atoms with van der Waals surface area (Å²) < 4.78 is 3.58. The average Bonchev–Trinajstić information content (AvgIpc) is 1.86. The highest BCUT2D eigenvalue weighted by atomic mass is 35.5. The lowest BCUT2D eigenvalue weighted by Gasteiger charge is -2.11. The van der Waals surface area contributed by atoms with Gasteiger partial charge in [-0.15, -0.1) is 16.4 Å². The first-order valence-electron chi connectivity index (χ1n) is 3.16. The van der Waals surface area contributed by atoms with Gasteiger partial charge in [0.05, 0.1) is 5.88 Å². The molecule has 0 atom stereocenters. The molecule has 6 heteroatoms. The maximum absolute atomic E-state index is 10.8. The molecule has 0 saturated heterocycles. The second-order valence-corrected chi connectivity index (χ2v) is 7.30. The molecule has 0 saturated carbocycles. The summed E-state index contributed by atoms with van der Waals surface area (Å²) in [5.74, 6) is -0.0343. The number of azide groups is 1. The van der Waals surface area contributed by atoms with E-state index in [0.29, 0.717) is 6.04 Å². The first kappa shape index (κ1) is 10.5. The van der Waals surface area contributed by atoms with Crippen molar-refractivity contribution in [2.75, 3.05) is 5.88 Å². The van der Waals surface area contributed by atoms with E-state index >= 15 is 0 Å². The summed E-state index contributed by atoms with van der Waals surface area (Å²) in [5.41, 5.74) is 8.14. The number of hydrogen-bond acceptors (Lipinski definition) is 2. The number of nitrogens with zero attached hydrogens (tertiary/aromatic N) is 3. The molecule has 0 heterocycles. The van der Waals surface area contributed by atoms with Crippen LogP contribution in [0.5, 0.6) is 0 Å². The topological polar surface area (TPSA) is 65.8 Å². The minimum Gasteiger partial charge on any atom is -0.299 e. The van der Waals surface area contributed by atoms with Crippen LogP contribution < -0.4 is 0 Å². The lowest BCUT2D eigenvalue weighted by atomic mass is 10.5. The van der Waals surface area contributed by atoms with Crippen LogP contribution in [-0.2, 0) is 4.79 Å². The van der Waals surface area contributed by atoms with Crippen LogP contribution in [0, 0.1) is 0 Å². The van der Waals surface area contributed by atoms with Crippen molar-refractivity contribution < 1.29 is 4.79 Å². The van der Waals surface area contributed by atoms with Gasteiger partial charge >= 0.3 is 0 Å². The summed E-state index contributed by atoms with van der Waals surface area (Å²) >= 11 is 5.30. The Morgan fingerprint density at radius 1 is 1.73 bits per heavy atom. The predicted molar refractivity (Wildman–Crippen MR) is 47.2 cm³/mol. The van der Waals surface area contributed by atoms with Crippen LogP contribution in [0.25, 0.3) is 10.4 Å². The molecular weight excluding hydrogens is 182 g/mol. The largest absolute Gasteiger partial charge is 0.299 e. The van der Waals surface area contributed by atoms with Crippen LogP contribution >= 0.6 is 11.6 Å². The van der Waals surface area contributed by atoms with Crippen molar-refractivity contribution in [2.24, 2.45) is 4.78 Å². The van der Waals surface area contributed by atoms with Crippen molar-refractivity contribution in [3.05, 3.63) is 10.4 Å². The number of alkyl halides is 1. The number of carbonyl (C=O) groups is 1. The van der Waals surface area contributed by atoms with Gasteiger partial charge in [0.25, 0.3) is 0 Å². The highest BCUT2D eigenvalue weighted by Crippen LogP contribution is 2.11. The first-order chi connectivity index (χ1) is 5.02. The fraction of sp³-hybridized carbons (Fsp3) is 0.800. The number of hydrogen-bond donors (Lipinski definition) is 0. The van der Waals surface area contributed by atoms with E-state index in [9.17, 15) is 4.79 Å². The van der Waals surface area contributed by atoms with Crippen molar-refractivity contribution in [1.29, 1.82) is 0 Å². The van der Waals surface area contributed by atoms with E-state index in [4.69, 9.17) is 17.1 Å². The normalized spacial score (nSPS) is 10.5. The molecule has 0 rings (SSSR count). The maximum atomic E-state index is 10.8. The molecule has 0 spiro atoms. The first-order valence-corrected chi connectivity index (χ1v) is 6.84. The van der Waals surface area contributed by atoms with Gasteiger partial charge in [-0.3, -0.25) is 4.79 Å². The standard InChI is InChI=1S/C5H10ClN3OSi/c1-11(2,9-8-7)4-5(10)3-6/h3-4H2,1-2H3. The van der Waals surface area contributed by atoms with Crippen molar-refractivity contribution in [1.82, 2.24) is 0 Å². The third kappa shape index (κ3) is 4.84. The van der Waals surface area contributed by atoms with Crippen molar-refractivity contribution in [3.63, 3.8) is 0 Å². The van der Waals surface area contributed by atoms with E-state index in [-0.39, 0.29) is 11.7 Å². The fourth-order valence-corrected chi connectivity index (χ4v) is 2.34. The zero-order valence-corrected chi connectivity index (χ0v) is 8.30. The van der Waals surface area contributed by atoms with Crippen LogP contribution in [0.4, 0.5) is 0 Å². The van der Waals surface area contributed by atoms with Gasteiger partial charge in [-0.25, -0.2) is 0 Å².